The highest BCUT2D eigenvalue weighted by atomic mass is 35.5. The van der Waals surface area contributed by atoms with Crippen molar-refractivity contribution in [3.05, 3.63) is 35.1 Å². The quantitative estimate of drug-likeness (QED) is 0.329. The molecule has 0 spiro atoms. The molecule has 17 heteroatoms. The summed E-state index contributed by atoms with van der Waals surface area (Å²) in [6.45, 7) is -0.965. The number of benzene rings is 1. The number of carbonyl (C=O) groups is 2. The number of ether oxygens (including phenoxy) is 2. The minimum Gasteiger partial charge on any atom is -0.486 e. The predicted octanol–water partition coefficient (Wildman–Crippen LogP) is 4.43. The Morgan fingerprint density at radius 2 is 1.92 bits per heavy atom. The van der Waals surface area contributed by atoms with Gasteiger partial charge in [0.1, 0.15) is 16.7 Å². The summed E-state index contributed by atoms with van der Waals surface area (Å²) in [6, 6.07) is 3.68. The fraction of sp³-hybridized carbons (Fsp3) is 0.500. The third kappa shape index (κ3) is 6.54. The zero-order chi connectivity index (χ0) is 29.5. The van der Waals surface area contributed by atoms with Crippen molar-refractivity contribution in [3.8, 4) is 5.75 Å². The van der Waals surface area contributed by atoms with E-state index in [1.807, 2.05) is 0 Å². The lowest BCUT2D eigenvalue weighted by atomic mass is 10.0. The molecule has 0 saturated carbocycles. The van der Waals surface area contributed by atoms with Crippen LogP contribution in [0.1, 0.15) is 39.3 Å². The molecule has 1 N–H and O–H groups in total. The van der Waals surface area contributed by atoms with E-state index in [9.17, 15) is 45.1 Å². The number of fused-ring (bicyclic) bond motifs is 1. The molecular formula is C22H23ClF5N3O7S. The van der Waals surface area contributed by atoms with Crippen molar-refractivity contribution in [2.45, 2.75) is 62.9 Å². The fourth-order valence-electron chi connectivity index (χ4n) is 3.60. The predicted molar refractivity (Wildman–Crippen MR) is 125 cm³/mol. The van der Waals surface area contributed by atoms with E-state index in [0.717, 1.165) is 10.4 Å². The summed E-state index contributed by atoms with van der Waals surface area (Å²) in [4.78, 5) is 22.8. The van der Waals surface area contributed by atoms with E-state index in [2.05, 4.69) is 9.84 Å². The minimum atomic E-state index is -4.85. The van der Waals surface area contributed by atoms with E-state index in [0.29, 0.717) is 20.0 Å². The number of carboxylic acid groups (broad SMARTS) is 1. The summed E-state index contributed by atoms with van der Waals surface area (Å²) in [6.07, 6.45) is -6.13. The van der Waals surface area contributed by atoms with Gasteiger partial charge in [0.2, 0.25) is 5.60 Å². The molecule has 0 saturated heterocycles. The van der Waals surface area contributed by atoms with Gasteiger partial charge in [0, 0.05) is 0 Å². The summed E-state index contributed by atoms with van der Waals surface area (Å²) in [5.41, 5.74) is -2.92. The number of halogens is 6. The molecule has 0 radical (unpaired) electrons. The van der Waals surface area contributed by atoms with Crippen LogP contribution in [0.25, 0.3) is 0 Å². The monoisotopic (exact) mass is 603 g/mol. The highest BCUT2D eigenvalue weighted by Gasteiger charge is 2.50. The van der Waals surface area contributed by atoms with Crippen LogP contribution >= 0.6 is 11.6 Å². The van der Waals surface area contributed by atoms with Crippen molar-refractivity contribution < 1.29 is 54.5 Å². The molecular weight excluding hydrogens is 581 g/mol. The number of alkyl halides is 5. The van der Waals surface area contributed by atoms with Gasteiger partial charge in [-0.15, -0.1) is 0 Å². The Labute approximate surface area is 224 Å². The van der Waals surface area contributed by atoms with Crippen LogP contribution < -0.4 is 9.04 Å². The molecule has 0 unspecified atom stereocenters. The third-order valence-electron chi connectivity index (χ3n) is 5.82. The number of rotatable bonds is 9. The van der Waals surface area contributed by atoms with Crippen LogP contribution in [-0.4, -0.2) is 59.7 Å². The average Bonchev–Trinajstić information content (AvgIpc) is 3.20. The van der Waals surface area contributed by atoms with Crippen LogP contribution in [0.3, 0.4) is 0 Å². The molecule has 1 aromatic carbocycles. The van der Waals surface area contributed by atoms with Crippen molar-refractivity contribution >= 4 is 39.3 Å². The second-order valence-electron chi connectivity index (χ2n) is 9.25. The van der Waals surface area contributed by atoms with Crippen LogP contribution in [0.5, 0.6) is 5.75 Å². The Morgan fingerprint density at radius 3 is 2.46 bits per heavy atom. The van der Waals surface area contributed by atoms with Gasteiger partial charge in [-0.25, -0.2) is 13.1 Å². The van der Waals surface area contributed by atoms with Crippen LogP contribution in [0.15, 0.2) is 29.3 Å². The van der Waals surface area contributed by atoms with E-state index in [4.69, 9.17) is 16.3 Å². The van der Waals surface area contributed by atoms with E-state index in [-0.39, 0.29) is 28.1 Å². The van der Waals surface area contributed by atoms with Crippen molar-refractivity contribution in [1.82, 2.24) is 9.78 Å². The number of hydrogen-bond donors (Lipinski definition) is 1. The maximum atomic E-state index is 13.6. The third-order valence-corrected chi connectivity index (χ3v) is 7.99. The SMILES string of the molecule is C[C@H](C[C@H]1CN(S(=O)(=O)c2cn(C(F)F)nc2Cl)c2cc(CC(=O)OC(C)(C)C(F)(F)F)ccc2O1)C(=O)O. The van der Waals surface area contributed by atoms with Crippen molar-refractivity contribution in [1.29, 1.82) is 0 Å². The Morgan fingerprint density at radius 1 is 1.28 bits per heavy atom. The Balaban J connectivity index is 2.01. The first kappa shape index (κ1) is 30.4. The average molecular weight is 604 g/mol. The normalized spacial score (nSPS) is 17.0. The molecule has 10 nitrogen and oxygen atoms in total. The molecule has 0 fully saturated rings. The van der Waals surface area contributed by atoms with Gasteiger partial charge in [-0.2, -0.15) is 27.1 Å². The molecule has 2 aromatic rings. The van der Waals surface area contributed by atoms with Gasteiger partial charge in [-0.05, 0) is 38.0 Å². The van der Waals surface area contributed by atoms with Crippen LogP contribution in [0, 0.1) is 5.92 Å². The van der Waals surface area contributed by atoms with Gasteiger partial charge >= 0.3 is 24.7 Å². The Bertz CT molecular complexity index is 1360. The van der Waals surface area contributed by atoms with Crippen LogP contribution in [-0.2, 0) is 30.8 Å². The molecule has 216 valence electrons. The van der Waals surface area contributed by atoms with Crippen molar-refractivity contribution in [2.75, 3.05) is 10.8 Å². The Hall–Kier alpha value is -3.14. The molecule has 1 aromatic heterocycles. The summed E-state index contributed by atoms with van der Waals surface area (Å²) < 4.78 is 104. The number of anilines is 1. The van der Waals surface area contributed by atoms with Crippen molar-refractivity contribution in [2.24, 2.45) is 5.92 Å². The molecule has 0 aliphatic carbocycles. The number of aliphatic carboxylic acids is 1. The second-order valence-corrected chi connectivity index (χ2v) is 11.4. The second kappa shape index (κ2) is 10.8. The van der Waals surface area contributed by atoms with E-state index in [1.165, 1.54) is 19.1 Å². The summed E-state index contributed by atoms with van der Waals surface area (Å²) in [7, 11) is -4.71. The lowest BCUT2D eigenvalue weighted by Crippen LogP contribution is -2.44. The van der Waals surface area contributed by atoms with Crippen LogP contribution in [0.2, 0.25) is 5.15 Å². The maximum absolute atomic E-state index is 13.6. The molecule has 2 heterocycles. The summed E-state index contributed by atoms with van der Waals surface area (Å²) in [5, 5.41) is 11.8. The van der Waals surface area contributed by atoms with Gasteiger partial charge in [0.05, 0.1) is 30.8 Å². The first-order chi connectivity index (χ1) is 17.8. The van der Waals surface area contributed by atoms with Crippen molar-refractivity contribution in [3.63, 3.8) is 0 Å². The highest BCUT2D eigenvalue weighted by Crippen LogP contribution is 2.40. The summed E-state index contributed by atoms with van der Waals surface area (Å²) in [5.74, 6) is -3.44. The topological polar surface area (TPSA) is 128 Å². The first-order valence-corrected chi connectivity index (χ1v) is 13.0. The Kier molecular flexibility index (Phi) is 8.41. The molecule has 1 aliphatic heterocycles. The summed E-state index contributed by atoms with van der Waals surface area (Å²) >= 11 is 5.85. The zero-order valence-electron chi connectivity index (χ0n) is 20.6. The van der Waals surface area contributed by atoms with Crippen LogP contribution in [0.4, 0.5) is 27.6 Å². The lowest BCUT2D eigenvalue weighted by molar-refractivity contribution is -0.257. The van der Waals surface area contributed by atoms with Gasteiger partial charge in [0.25, 0.3) is 10.0 Å². The number of aromatic nitrogens is 2. The largest absolute Gasteiger partial charge is 0.486 e. The molecule has 0 amide bonds. The first-order valence-electron chi connectivity index (χ1n) is 11.2. The zero-order valence-corrected chi connectivity index (χ0v) is 22.1. The van der Waals surface area contributed by atoms with E-state index in [1.54, 1.807) is 0 Å². The number of esters is 1. The standard InChI is InChI=1S/C22H23ClF5N3O7S/c1-11(19(33)34)6-13-9-31(39(35,36)16-10-30(20(24)25)29-18(16)23)14-7-12(4-5-15(14)37-13)8-17(32)38-21(2,3)22(26,27)28/h4-5,7,10-11,13,20H,6,8-9H2,1-3H3,(H,33,34)/t11-,13+/m1/s1. The van der Waals surface area contributed by atoms with Gasteiger partial charge < -0.3 is 14.6 Å². The van der Waals surface area contributed by atoms with Gasteiger partial charge in [-0.3, -0.25) is 13.9 Å². The number of hydrogen-bond acceptors (Lipinski definition) is 7. The van der Waals surface area contributed by atoms with E-state index < -0.39 is 75.3 Å². The number of carbonyl (C=O) groups excluding carboxylic acids is 1. The number of sulfonamides is 1. The maximum Gasteiger partial charge on any atom is 0.427 e. The van der Waals surface area contributed by atoms with Gasteiger partial charge in [0.15, 0.2) is 5.15 Å². The highest BCUT2D eigenvalue weighted by molar-refractivity contribution is 7.93. The molecule has 0 bridgehead atoms. The molecule has 2 atom stereocenters. The lowest BCUT2D eigenvalue weighted by Gasteiger charge is -2.36. The number of nitrogens with zero attached hydrogens (tertiary/aromatic N) is 3. The molecule has 3 rings (SSSR count). The fourth-order valence-corrected chi connectivity index (χ4v) is 5.53. The smallest absolute Gasteiger partial charge is 0.427 e. The van der Waals surface area contributed by atoms with E-state index >= 15 is 0 Å². The molecule has 1 aliphatic rings. The number of carboxylic acids is 1. The van der Waals surface area contributed by atoms with Gasteiger partial charge in [-0.1, -0.05) is 24.6 Å². The minimum absolute atomic E-state index is 0.0371. The molecule has 39 heavy (non-hydrogen) atoms.